The Hall–Kier alpha value is -3.46. The van der Waals surface area contributed by atoms with Crippen LogP contribution in [0, 0.1) is 6.92 Å². The van der Waals surface area contributed by atoms with Crippen LogP contribution in [0.1, 0.15) is 24.5 Å². The Morgan fingerprint density at radius 3 is 2.62 bits per heavy atom. The van der Waals surface area contributed by atoms with E-state index in [1.165, 1.54) is 0 Å². The number of carbonyl (C=O) groups is 2. The first kappa shape index (κ1) is 21.8. The van der Waals surface area contributed by atoms with E-state index in [0.717, 1.165) is 11.3 Å². The van der Waals surface area contributed by atoms with Gasteiger partial charge >= 0.3 is 0 Å². The summed E-state index contributed by atoms with van der Waals surface area (Å²) in [6, 6.07) is 11.5. The van der Waals surface area contributed by atoms with Gasteiger partial charge < -0.3 is 19.2 Å². The van der Waals surface area contributed by atoms with Gasteiger partial charge in [-0.2, -0.15) is 0 Å². The van der Waals surface area contributed by atoms with Crippen LogP contribution < -0.4 is 5.32 Å². The second kappa shape index (κ2) is 10.2. The van der Waals surface area contributed by atoms with Crippen LogP contribution in [0.3, 0.4) is 0 Å². The zero-order chi connectivity index (χ0) is 22.3. The third kappa shape index (κ3) is 5.82. The molecule has 0 aliphatic carbocycles. The van der Waals surface area contributed by atoms with Gasteiger partial charge in [-0.05, 0) is 13.3 Å². The van der Waals surface area contributed by atoms with Gasteiger partial charge in [0.05, 0.1) is 12.7 Å². The van der Waals surface area contributed by atoms with Gasteiger partial charge in [-0.15, -0.1) is 0 Å². The molecule has 168 valence electrons. The van der Waals surface area contributed by atoms with Gasteiger partial charge in [-0.25, -0.2) is 4.98 Å². The van der Waals surface area contributed by atoms with Crippen molar-refractivity contribution in [2.75, 3.05) is 38.0 Å². The Balaban J connectivity index is 1.15. The third-order valence-electron chi connectivity index (χ3n) is 5.38. The van der Waals surface area contributed by atoms with Gasteiger partial charge in [0.15, 0.2) is 17.5 Å². The summed E-state index contributed by atoms with van der Waals surface area (Å²) in [5, 5.41) is 6.48. The number of piperazine rings is 1. The lowest BCUT2D eigenvalue weighted by atomic mass is 10.2. The monoisotopic (exact) mass is 437 g/mol. The number of hydrogen-bond donors (Lipinski definition) is 1. The molecule has 1 aliphatic heterocycles. The fourth-order valence-electron chi connectivity index (χ4n) is 3.68. The molecule has 0 atom stereocenters. The topological polar surface area (TPSA) is 105 Å². The largest absolute Gasteiger partial charge is 0.441 e. The van der Waals surface area contributed by atoms with Crippen molar-refractivity contribution >= 4 is 17.6 Å². The number of oxazole rings is 1. The lowest BCUT2D eigenvalue weighted by Gasteiger charge is -2.34. The number of anilines is 1. The van der Waals surface area contributed by atoms with Crippen molar-refractivity contribution in [2.45, 2.75) is 26.2 Å². The highest BCUT2D eigenvalue weighted by atomic mass is 16.5. The van der Waals surface area contributed by atoms with E-state index in [2.05, 4.69) is 15.5 Å². The maximum absolute atomic E-state index is 12.5. The zero-order valence-electron chi connectivity index (χ0n) is 18.1. The summed E-state index contributed by atoms with van der Waals surface area (Å²) in [7, 11) is 0. The standard InChI is InChI=1S/C23H27N5O4/c1-17-14-20(26-32-17)25-21(29)16-27-10-12-28(13-11-27)23(30)9-5-8-22-24-15-19(31-22)18-6-3-2-4-7-18/h2-4,6-7,14-15H,5,8-13,16H2,1H3,(H,25,26,29). The summed E-state index contributed by atoms with van der Waals surface area (Å²) >= 11 is 0. The van der Waals surface area contributed by atoms with Gasteiger partial charge in [-0.3, -0.25) is 14.5 Å². The minimum atomic E-state index is -0.140. The SMILES string of the molecule is Cc1cc(NC(=O)CN2CCN(C(=O)CCCc3ncc(-c4ccccc4)o3)CC2)no1. The molecule has 32 heavy (non-hydrogen) atoms. The van der Waals surface area contributed by atoms with E-state index in [1.807, 2.05) is 40.1 Å². The number of nitrogens with one attached hydrogen (secondary N) is 1. The van der Waals surface area contributed by atoms with Crippen molar-refractivity contribution in [1.29, 1.82) is 0 Å². The molecular formula is C23H27N5O4. The summed E-state index contributed by atoms with van der Waals surface area (Å²) < 4.78 is 10.7. The Morgan fingerprint density at radius 2 is 1.91 bits per heavy atom. The second-order valence-electron chi connectivity index (χ2n) is 7.87. The summed E-state index contributed by atoms with van der Waals surface area (Å²) in [5.41, 5.74) is 0.991. The maximum Gasteiger partial charge on any atom is 0.239 e. The lowest BCUT2D eigenvalue weighted by molar-refractivity contribution is -0.133. The first-order valence-corrected chi connectivity index (χ1v) is 10.8. The first-order chi connectivity index (χ1) is 15.6. The average molecular weight is 438 g/mol. The fourth-order valence-corrected chi connectivity index (χ4v) is 3.68. The summed E-state index contributed by atoms with van der Waals surface area (Å²) in [5.74, 6) is 2.44. The van der Waals surface area contributed by atoms with E-state index in [0.29, 0.717) is 62.9 Å². The van der Waals surface area contributed by atoms with Gasteiger partial charge in [0.25, 0.3) is 0 Å². The van der Waals surface area contributed by atoms with Gasteiger partial charge in [0.1, 0.15) is 5.76 Å². The molecule has 0 bridgehead atoms. The third-order valence-corrected chi connectivity index (χ3v) is 5.38. The highest BCUT2D eigenvalue weighted by molar-refractivity contribution is 5.91. The van der Waals surface area contributed by atoms with Crippen molar-refractivity contribution in [3.8, 4) is 11.3 Å². The fraction of sp³-hybridized carbons (Fsp3) is 0.391. The molecule has 0 spiro atoms. The zero-order valence-corrected chi connectivity index (χ0v) is 18.1. The lowest BCUT2D eigenvalue weighted by Crippen LogP contribution is -2.50. The molecule has 1 saturated heterocycles. The van der Waals surface area contributed by atoms with Crippen LogP contribution in [-0.4, -0.2) is 64.5 Å². The van der Waals surface area contributed by atoms with E-state index in [4.69, 9.17) is 8.94 Å². The summed E-state index contributed by atoms with van der Waals surface area (Å²) in [6.45, 7) is 4.60. The molecule has 3 heterocycles. The molecule has 0 saturated carbocycles. The molecule has 1 fully saturated rings. The van der Waals surface area contributed by atoms with Crippen LogP contribution in [-0.2, 0) is 16.0 Å². The number of benzene rings is 1. The Morgan fingerprint density at radius 1 is 1.12 bits per heavy atom. The number of carbonyl (C=O) groups excluding carboxylic acids is 2. The number of aryl methyl sites for hydroxylation is 2. The molecule has 2 aromatic heterocycles. The highest BCUT2D eigenvalue weighted by Gasteiger charge is 2.22. The number of aromatic nitrogens is 2. The second-order valence-corrected chi connectivity index (χ2v) is 7.87. The molecular weight excluding hydrogens is 410 g/mol. The van der Waals surface area contributed by atoms with Crippen molar-refractivity contribution in [1.82, 2.24) is 19.9 Å². The molecule has 1 aliphatic rings. The predicted molar refractivity (Wildman–Crippen MR) is 118 cm³/mol. The van der Waals surface area contributed by atoms with Crippen LogP contribution >= 0.6 is 0 Å². The van der Waals surface area contributed by atoms with Gasteiger partial charge in [0.2, 0.25) is 11.8 Å². The van der Waals surface area contributed by atoms with Crippen LogP contribution in [0.15, 0.2) is 51.5 Å². The number of amides is 2. The molecule has 1 N–H and O–H groups in total. The highest BCUT2D eigenvalue weighted by Crippen LogP contribution is 2.20. The van der Waals surface area contributed by atoms with E-state index in [9.17, 15) is 9.59 Å². The number of rotatable bonds is 8. The van der Waals surface area contributed by atoms with Gasteiger partial charge in [0, 0.05) is 50.7 Å². The predicted octanol–water partition coefficient (Wildman–Crippen LogP) is 2.74. The van der Waals surface area contributed by atoms with Crippen molar-refractivity contribution in [3.05, 3.63) is 54.2 Å². The van der Waals surface area contributed by atoms with Crippen LogP contribution in [0.2, 0.25) is 0 Å². The van der Waals surface area contributed by atoms with Crippen molar-refractivity contribution < 1.29 is 18.5 Å². The van der Waals surface area contributed by atoms with Crippen LogP contribution in [0.5, 0.6) is 0 Å². The molecule has 2 amide bonds. The maximum atomic E-state index is 12.5. The van der Waals surface area contributed by atoms with Crippen molar-refractivity contribution in [2.24, 2.45) is 0 Å². The molecule has 0 radical (unpaired) electrons. The Kier molecular flexibility index (Phi) is 6.96. The Labute approximate surface area is 186 Å². The van der Waals surface area contributed by atoms with E-state index in [1.54, 1.807) is 19.2 Å². The molecule has 1 aromatic carbocycles. The molecule has 0 unspecified atom stereocenters. The normalized spacial score (nSPS) is 14.5. The quantitative estimate of drug-likeness (QED) is 0.578. The summed E-state index contributed by atoms with van der Waals surface area (Å²) in [4.78, 5) is 32.9. The van der Waals surface area contributed by atoms with Crippen LogP contribution in [0.4, 0.5) is 5.82 Å². The first-order valence-electron chi connectivity index (χ1n) is 10.8. The minimum Gasteiger partial charge on any atom is -0.441 e. The molecule has 3 aromatic rings. The van der Waals surface area contributed by atoms with E-state index < -0.39 is 0 Å². The number of nitrogens with zero attached hydrogens (tertiary/aromatic N) is 4. The summed E-state index contributed by atoms with van der Waals surface area (Å²) in [6.07, 6.45) is 3.49. The smallest absolute Gasteiger partial charge is 0.239 e. The minimum absolute atomic E-state index is 0.127. The molecule has 9 nitrogen and oxygen atoms in total. The van der Waals surface area contributed by atoms with E-state index in [-0.39, 0.29) is 18.4 Å². The molecule has 4 rings (SSSR count). The number of hydrogen-bond acceptors (Lipinski definition) is 7. The van der Waals surface area contributed by atoms with Crippen LogP contribution in [0.25, 0.3) is 11.3 Å². The average Bonchev–Trinajstić information content (AvgIpc) is 3.43. The Bertz CT molecular complexity index is 1040. The molecule has 9 heteroatoms. The van der Waals surface area contributed by atoms with Crippen molar-refractivity contribution in [3.63, 3.8) is 0 Å². The van der Waals surface area contributed by atoms with E-state index >= 15 is 0 Å². The van der Waals surface area contributed by atoms with Gasteiger partial charge in [-0.1, -0.05) is 35.5 Å².